The number of aromatic nitrogens is 2. The lowest BCUT2D eigenvalue weighted by molar-refractivity contribution is 1.17. The van der Waals surface area contributed by atoms with Crippen molar-refractivity contribution < 1.29 is 13.7 Å². The van der Waals surface area contributed by atoms with Crippen LogP contribution in [0.25, 0.3) is 109 Å². The first-order chi connectivity index (χ1) is 32.4. The Labute approximate surface area is 347 Å². The Hall–Kier alpha value is -7.20. The maximum Gasteiger partial charge on any atom is 0.0629 e. The zero-order valence-corrected chi connectivity index (χ0v) is 31.0. The van der Waals surface area contributed by atoms with Crippen LogP contribution < -0.4 is 0 Å². The van der Waals surface area contributed by atoms with Crippen LogP contribution in [0.3, 0.4) is 0 Å². The third-order valence-electron chi connectivity index (χ3n) is 11.1. The lowest BCUT2D eigenvalue weighted by Crippen LogP contribution is -1.96. The Kier molecular flexibility index (Phi) is 5.26. The third-order valence-corrected chi connectivity index (χ3v) is 12.3. The second-order valence-corrected chi connectivity index (χ2v) is 15.2. The van der Waals surface area contributed by atoms with Crippen LogP contribution in [0, 0.1) is 0 Å². The molecule has 0 bridgehead atoms. The molecular formula is C54H34N2S. The Bertz CT molecular complexity index is 3930. The summed E-state index contributed by atoms with van der Waals surface area (Å²) in [5, 5.41) is 6.45. The van der Waals surface area contributed by atoms with Gasteiger partial charge < -0.3 is 9.13 Å². The van der Waals surface area contributed by atoms with Crippen molar-refractivity contribution in [1.82, 2.24) is 9.13 Å². The van der Waals surface area contributed by atoms with Gasteiger partial charge in [-0.05, 0) is 94.0 Å². The number of rotatable bonds is 5. The Morgan fingerprint density at radius 2 is 0.877 bits per heavy atom. The van der Waals surface area contributed by atoms with Gasteiger partial charge in [-0.15, -0.1) is 11.3 Å². The quantitative estimate of drug-likeness (QED) is 0.166. The maximum absolute atomic E-state index is 9.09. The smallest absolute Gasteiger partial charge is 0.0629 e. The van der Waals surface area contributed by atoms with E-state index >= 15 is 0 Å². The maximum atomic E-state index is 9.09. The van der Waals surface area contributed by atoms with Gasteiger partial charge in [-0.2, -0.15) is 0 Å². The predicted octanol–water partition coefficient (Wildman–Crippen LogP) is 15.2. The van der Waals surface area contributed by atoms with Gasteiger partial charge in [0.15, 0.2) is 0 Å². The molecule has 0 saturated heterocycles. The molecule has 9 aromatic carbocycles. The fourth-order valence-corrected chi connectivity index (χ4v) is 9.77. The van der Waals surface area contributed by atoms with Crippen molar-refractivity contribution in [2.24, 2.45) is 0 Å². The molecule has 3 heteroatoms. The van der Waals surface area contributed by atoms with Crippen molar-refractivity contribution >= 4 is 75.1 Å². The number of benzene rings is 9. The van der Waals surface area contributed by atoms with Gasteiger partial charge in [0.1, 0.15) is 0 Å². The summed E-state index contributed by atoms with van der Waals surface area (Å²) in [6.07, 6.45) is 0. The minimum Gasteiger partial charge on any atom is -0.309 e. The minimum atomic E-state index is -0.538. The number of nitrogens with zero attached hydrogens (tertiary/aromatic N) is 2. The standard InChI is InChI=1S/C54H34N2S/c1-3-14-35(15-4-1)40-21-13-22-41(36-16-5-2-6-17-36)54(40)37-26-29-44-46-33-38(55-48-23-10-7-18-42(48)43-19-8-11-24-49(43)55)27-30-50(46)56(51(44)32-37)39-28-31-53-47(34-39)45-20-9-12-25-52(45)57-53/h1-34H/i1D,2D,3D,4D,5D,6D,14D,15D,16D,17D. The minimum absolute atomic E-state index is 0.0681. The van der Waals surface area contributed by atoms with Crippen LogP contribution in [-0.2, 0) is 0 Å². The number of para-hydroxylation sites is 2. The molecule has 12 aromatic rings. The highest BCUT2D eigenvalue weighted by molar-refractivity contribution is 7.25. The van der Waals surface area contributed by atoms with Crippen molar-refractivity contribution in [2.45, 2.75) is 0 Å². The van der Waals surface area contributed by atoms with E-state index in [1.165, 1.54) is 4.70 Å². The summed E-state index contributed by atoms with van der Waals surface area (Å²) in [6.45, 7) is 0. The first kappa shape index (κ1) is 23.7. The van der Waals surface area contributed by atoms with Crippen molar-refractivity contribution in [3.8, 4) is 44.8 Å². The fraction of sp³-hybridized carbons (Fsp3) is 0. The largest absolute Gasteiger partial charge is 0.309 e. The molecule has 0 saturated carbocycles. The Balaban J connectivity index is 1.20. The lowest BCUT2D eigenvalue weighted by atomic mass is 9.87. The van der Waals surface area contributed by atoms with Gasteiger partial charge in [0, 0.05) is 53.1 Å². The molecule has 0 unspecified atom stereocenters. The van der Waals surface area contributed by atoms with Crippen LogP contribution in [0.15, 0.2) is 206 Å². The van der Waals surface area contributed by atoms with Crippen LogP contribution in [0.5, 0.6) is 0 Å². The van der Waals surface area contributed by atoms with Gasteiger partial charge in [-0.3, -0.25) is 0 Å². The van der Waals surface area contributed by atoms with Gasteiger partial charge in [-0.25, -0.2) is 0 Å². The molecule has 12 rings (SSSR count). The topological polar surface area (TPSA) is 9.86 Å². The average Bonchev–Trinajstić information content (AvgIpc) is 4.01. The summed E-state index contributed by atoms with van der Waals surface area (Å²) >= 11 is 1.74. The number of fused-ring (bicyclic) bond motifs is 9. The van der Waals surface area contributed by atoms with E-state index in [1.807, 2.05) is 30.3 Å². The molecule has 2 nitrogen and oxygen atoms in total. The van der Waals surface area contributed by atoms with Gasteiger partial charge in [0.25, 0.3) is 0 Å². The molecule has 3 aromatic heterocycles. The molecule has 0 aliphatic rings. The molecule has 0 fully saturated rings. The summed E-state index contributed by atoms with van der Waals surface area (Å²) in [7, 11) is 0. The van der Waals surface area contributed by atoms with E-state index in [2.05, 4.69) is 106 Å². The molecule has 0 atom stereocenters. The zero-order chi connectivity index (χ0) is 46.2. The van der Waals surface area contributed by atoms with E-state index in [1.54, 1.807) is 29.5 Å². The number of thiophene rings is 1. The summed E-state index contributed by atoms with van der Waals surface area (Å²) in [6, 6.07) is 44.1. The molecule has 0 aliphatic carbocycles. The first-order valence-electron chi connectivity index (χ1n) is 23.7. The van der Waals surface area contributed by atoms with E-state index in [9.17, 15) is 0 Å². The molecule has 0 amide bonds. The van der Waals surface area contributed by atoms with Gasteiger partial charge in [0.05, 0.1) is 35.8 Å². The SMILES string of the molecule is [2H]c1c([2H])c([2H])c(-c2cccc(-c3c([2H])c([2H])c([2H])c([2H])c3[2H])c2-c2ccc3c4cc(-n5c6ccccc6c6ccccc65)ccc4n(-c4ccc5sc6ccccc6c5c4)c3c2)c([2H])c1[2H]. The number of hydrogen-bond donors (Lipinski definition) is 0. The van der Waals surface area contributed by atoms with Gasteiger partial charge in [0.2, 0.25) is 0 Å². The Morgan fingerprint density at radius 1 is 0.351 bits per heavy atom. The summed E-state index contributed by atoms with van der Waals surface area (Å²) in [4.78, 5) is 0. The summed E-state index contributed by atoms with van der Waals surface area (Å²) < 4.78 is 94.5. The van der Waals surface area contributed by atoms with Gasteiger partial charge >= 0.3 is 0 Å². The molecule has 0 N–H and O–H groups in total. The number of hydrogen-bond acceptors (Lipinski definition) is 1. The first-order valence-corrected chi connectivity index (χ1v) is 19.5. The van der Waals surface area contributed by atoms with E-state index in [-0.39, 0.29) is 22.3 Å². The summed E-state index contributed by atoms with van der Waals surface area (Å²) in [5.41, 5.74) is 7.03. The molecule has 57 heavy (non-hydrogen) atoms. The van der Waals surface area contributed by atoms with Crippen LogP contribution in [-0.4, -0.2) is 9.13 Å². The normalized spacial score (nSPS) is 14.3. The van der Waals surface area contributed by atoms with Crippen LogP contribution in [0.4, 0.5) is 0 Å². The molecule has 0 radical (unpaired) electrons. The summed E-state index contributed by atoms with van der Waals surface area (Å²) in [5.74, 6) is 0. The second kappa shape index (κ2) is 12.7. The fourth-order valence-electron chi connectivity index (χ4n) is 8.68. The van der Waals surface area contributed by atoms with E-state index in [0.29, 0.717) is 11.1 Å². The third kappa shape index (κ3) is 4.96. The van der Waals surface area contributed by atoms with Crippen LogP contribution in [0.2, 0.25) is 0 Å². The monoisotopic (exact) mass is 752 g/mol. The second-order valence-electron chi connectivity index (χ2n) is 14.1. The highest BCUT2D eigenvalue weighted by Gasteiger charge is 2.20. The molecule has 3 heterocycles. The van der Waals surface area contributed by atoms with Crippen LogP contribution in [0.1, 0.15) is 13.7 Å². The highest BCUT2D eigenvalue weighted by atomic mass is 32.1. The Morgan fingerprint density at radius 3 is 1.56 bits per heavy atom. The van der Waals surface area contributed by atoms with E-state index in [0.717, 1.165) is 70.5 Å². The highest BCUT2D eigenvalue weighted by Crippen LogP contribution is 2.44. The van der Waals surface area contributed by atoms with Crippen molar-refractivity contribution in [1.29, 1.82) is 0 Å². The molecule has 266 valence electrons. The molecule has 0 aliphatic heterocycles. The van der Waals surface area contributed by atoms with Crippen molar-refractivity contribution in [2.75, 3.05) is 0 Å². The van der Waals surface area contributed by atoms with Crippen molar-refractivity contribution in [3.63, 3.8) is 0 Å². The van der Waals surface area contributed by atoms with Gasteiger partial charge in [-0.1, -0.05) is 145 Å². The van der Waals surface area contributed by atoms with Crippen LogP contribution >= 0.6 is 11.3 Å². The zero-order valence-electron chi connectivity index (χ0n) is 40.2. The van der Waals surface area contributed by atoms with E-state index < -0.39 is 60.4 Å². The predicted molar refractivity (Wildman–Crippen MR) is 244 cm³/mol. The van der Waals surface area contributed by atoms with Crippen molar-refractivity contribution in [3.05, 3.63) is 206 Å². The molecule has 0 spiro atoms. The molecular weight excluding hydrogens is 709 g/mol. The lowest BCUT2D eigenvalue weighted by Gasteiger charge is -2.17. The van der Waals surface area contributed by atoms with E-state index in [4.69, 9.17) is 13.7 Å². The average molecular weight is 753 g/mol.